The van der Waals surface area contributed by atoms with Gasteiger partial charge in [0, 0.05) is 12.7 Å². The van der Waals surface area contributed by atoms with E-state index in [4.69, 9.17) is 0 Å². The highest BCUT2D eigenvalue weighted by Crippen LogP contribution is 2.26. The number of aromatic nitrogens is 1. The van der Waals surface area contributed by atoms with Crippen molar-refractivity contribution >= 4 is 17.3 Å². The standard InChI is InChI=1S/C15H19N3/c1-11(2)12-7-4-5-8-13(12)17-15-10-6-9-14(16-3)18-15/h4-11H,1-3H3,(H2,16,17,18). The summed E-state index contributed by atoms with van der Waals surface area (Å²) in [5.41, 5.74) is 2.42. The molecule has 1 aromatic carbocycles. The summed E-state index contributed by atoms with van der Waals surface area (Å²) in [4.78, 5) is 4.46. The van der Waals surface area contributed by atoms with E-state index < -0.39 is 0 Å². The van der Waals surface area contributed by atoms with E-state index in [2.05, 4.69) is 47.7 Å². The average molecular weight is 241 g/mol. The predicted molar refractivity (Wildman–Crippen MR) is 77.6 cm³/mol. The van der Waals surface area contributed by atoms with Crippen molar-refractivity contribution < 1.29 is 0 Å². The molecule has 0 atom stereocenters. The van der Waals surface area contributed by atoms with Crippen LogP contribution in [0.2, 0.25) is 0 Å². The number of pyridine rings is 1. The van der Waals surface area contributed by atoms with Gasteiger partial charge in [0.2, 0.25) is 0 Å². The van der Waals surface area contributed by atoms with Gasteiger partial charge in [0.15, 0.2) is 0 Å². The molecule has 2 N–H and O–H groups in total. The zero-order valence-electron chi connectivity index (χ0n) is 11.1. The Hall–Kier alpha value is -2.03. The van der Waals surface area contributed by atoms with Gasteiger partial charge >= 0.3 is 0 Å². The highest BCUT2D eigenvalue weighted by molar-refractivity contribution is 5.62. The molecule has 0 radical (unpaired) electrons. The second-order valence-electron chi connectivity index (χ2n) is 4.53. The van der Waals surface area contributed by atoms with Crippen LogP contribution in [0, 0.1) is 0 Å². The molecule has 94 valence electrons. The third-order valence-corrected chi connectivity index (χ3v) is 2.85. The first-order valence-corrected chi connectivity index (χ1v) is 6.21. The lowest BCUT2D eigenvalue weighted by atomic mass is 10.0. The summed E-state index contributed by atoms with van der Waals surface area (Å²) in [6, 6.07) is 14.2. The molecular weight excluding hydrogens is 222 g/mol. The number of para-hydroxylation sites is 1. The zero-order chi connectivity index (χ0) is 13.0. The van der Waals surface area contributed by atoms with Crippen LogP contribution in [0.5, 0.6) is 0 Å². The van der Waals surface area contributed by atoms with Crippen LogP contribution >= 0.6 is 0 Å². The highest BCUT2D eigenvalue weighted by Gasteiger charge is 2.06. The lowest BCUT2D eigenvalue weighted by Crippen LogP contribution is -2.00. The molecule has 0 fully saturated rings. The van der Waals surface area contributed by atoms with Gasteiger partial charge in [-0.25, -0.2) is 4.98 Å². The van der Waals surface area contributed by atoms with Crippen LogP contribution in [0.25, 0.3) is 0 Å². The number of hydrogen-bond donors (Lipinski definition) is 2. The molecule has 0 aliphatic carbocycles. The number of nitrogens with one attached hydrogen (secondary N) is 2. The molecule has 3 heteroatoms. The Kier molecular flexibility index (Phi) is 3.82. The van der Waals surface area contributed by atoms with Gasteiger partial charge in [0.25, 0.3) is 0 Å². The van der Waals surface area contributed by atoms with Crippen LogP contribution in [-0.2, 0) is 0 Å². The molecule has 0 aliphatic rings. The number of anilines is 3. The van der Waals surface area contributed by atoms with E-state index in [0.717, 1.165) is 17.3 Å². The first kappa shape index (κ1) is 12.4. The fourth-order valence-corrected chi connectivity index (χ4v) is 1.90. The van der Waals surface area contributed by atoms with Gasteiger partial charge in [0.1, 0.15) is 11.6 Å². The van der Waals surface area contributed by atoms with Crippen molar-refractivity contribution in [1.29, 1.82) is 0 Å². The molecule has 3 nitrogen and oxygen atoms in total. The van der Waals surface area contributed by atoms with Gasteiger partial charge in [-0.15, -0.1) is 0 Å². The van der Waals surface area contributed by atoms with Crippen LogP contribution in [0.4, 0.5) is 17.3 Å². The molecule has 0 bridgehead atoms. The normalized spacial score (nSPS) is 10.4. The molecule has 2 aromatic rings. The number of rotatable bonds is 4. The number of hydrogen-bond acceptors (Lipinski definition) is 3. The Morgan fingerprint density at radius 3 is 2.39 bits per heavy atom. The van der Waals surface area contributed by atoms with E-state index in [-0.39, 0.29) is 0 Å². The van der Waals surface area contributed by atoms with Crippen molar-refractivity contribution in [2.45, 2.75) is 19.8 Å². The quantitative estimate of drug-likeness (QED) is 0.849. The molecule has 1 heterocycles. The second kappa shape index (κ2) is 5.54. The molecule has 0 aliphatic heterocycles. The van der Waals surface area contributed by atoms with Crippen LogP contribution < -0.4 is 10.6 Å². The van der Waals surface area contributed by atoms with Crippen LogP contribution in [-0.4, -0.2) is 12.0 Å². The molecule has 2 rings (SSSR count). The van der Waals surface area contributed by atoms with E-state index in [1.165, 1.54) is 5.56 Å². The van der Waals surface area contributed by atoms with E-state index in [1.54, 1.807) is 0 Å². The summed E-state index contributed by atoms with van der Waals surface area (Å²) >= 11 is 0. The maximum Gasteiger partial charge on any atom is 0.132 e. The molecule has 1 aromatic heterocycles. The van der Waals surface area contributed by atoms with Crippen molar-refractivity contribution in [3.05, 3.63) is 48.0 Å². The van der Waals surface area contributed by atoms with E-state index in [0.29, 0.717) is 5.92 Å². The Morgan fingerprint density at radius 2 is 1.67 bits per heavy atom. The minimum atomic E-state index is 0.487. The van der Waals surface area contributed by atoms with Gasteiger partial charge in [-0.2, -0.15) is 0 Å². The molecule has 0 unspecified atom stereocenters. The lowest BCUT2D eigenvalue weighted by Gasteiger charge is -2.14. The van der Waals surface area contributed by atoms with Crippen LogP contribution in [0.1, 0.15) is 25.3 Å². The fraction of sp³-hybridized carbons (Fsp3) is 0.267. The predicted octanol–water partition coefficient (Wildman–Crippen LogP) is 3.99. The maximum atomic E-state index is 4.46. The topological polar surface area (TPSA) is 37.0 Å². The maximum absolute atomic E-state index is 4.46. The fourth-order valence-electron chi connectivity index (χ4n) is 1.90. The average Bonchev–Trinajstić information content (AvgIpc) is 2.39. The number of benzene rings is 1. The van der Waals surface area contributed by atoms with E-state index in [9.17, 15) is 0 Å². The largest absolute Gasteiger partial charge is 0.373 e. The molecule has 0 saturated heterocycles. The first-order chi connectivity index (χ1) is 8.70. The van der Waals surface area contributed by atoms with E-state index >= 15 is 0 Å². The van der Waals surface area contributed by atoms with Gasteiger partial charge in [-0.3, -0.25) is 0 Å². The second-order valence-corrected chi connectivity index (χ2v) is 4.53. The SMILES string of the molecule is CNc1cccc(Nc2ccccc2C(C)C)n1. The minimum Gasteiger partial charge on any atom is -0.373 e. The molecule has 18 heavy (non-hydrogen) atoms. The van der Waals surface area contributed by atoms with Crippen molar-refractivity contribution in [3.63, 3.8) is 0 Å². The van der Waals surface area contributed by atoms with Crippen molar-refractivity contribution in [1.82, 2.24) is 4.98 Å². The molecular formula is C15H19N3. The first-order valence-electron chi connectivity index (χ1n) is 6.21. The van der Waals surface area contributed by atoms with Gasteiger partial charge in [-0.05, 0) is 29.7 Å². The zero-order valence-corrected chi connectivity index (χ0v) is 11.1. The molecule has 0 spiro atoms. The summed E-state index contributed by atoms with van der Waals surface area (Å²) in [5, 5.41) is 6.42. The number of nitrogens with zero attached hydrogens (tertiary/aromatic N) is 1. The Balaban J connectivity index is 2.28. The molecule has 0 saturated carbocycles. The van der Waals surface area contributed by atoms with Gasteiger partial charge in [-0.1, -0.05) is 38.1 Å². The Bertz CT molecular complexity index is 521. The van der Waals surface area contributed by atoms with Gasteiger partial charge in [0.05, 0.1) is 0 Å². The summed E-state index contributed by atoms with van der Waals surface area (Å²) in [7, 11) is 1.87. The summed E-state index contributed by atoms with van der Waals surface area (Å²) in [6.45, 7) is 4.38. The lowest BCUT2D eigenvalue weighted by molar-refractivity contribution is 0.869. The van der Waals surface area contributed by atoms with Crippen molar-refractivity contribution in [2.24, 2.45) is 0 Å². The molecule has 0 amide bonds. The summed E-state index contributed by atoms with van der Waals surface area (Å²) < 4.78 is 0. The van der Waals surface area contributed by atoms with E-state index in [1.807, 2.05) is 31.3 Å². The smallest absolute Gasteiger partial charge is 0.132 e. The van der Waals surface area contributed by atoms with Crippen molar-refractivity contribution in [2.75, 3.05) is 17.7 Å². The van der Waals surface area contributed by atoms with Crippen LogP contribution in [0.3, 0.4) is 0 Å². The Labute approximate surface area is 108 Å². The third-order valence-electron chi connectivity index (χ3n) is 2.85. The van der Waals surface area contributed by atoms with Gasteiger partial charge < -0.3 is 10.6 Å². The summed E-state index contributed by atoms with van der Waals surface area (Å²) in [6.07, 6.45) is 0. The third kappa shape index (κ3) is 2.80. The summed E-state index contributed by atoms with van der Waals surface area (Å²) in [5.74, 6) is 2.21. The minimum absolute atomic E-state index is 0.487. The van der Waals surface area contributed by atoms with Crippen molar-refractivity contribution in [3.8, 4) is 0 Å². The Morgan fingerprint density at radius 1 is 0.944 bits per heavy atom. The monoisotopic (exact) mass is 241 g/mol. The highest BCUT2D eigenvalue weighted by atomic mass is 15.1. The van der Waals surface area contributed by atoms with Crippen LogP contribution in [0.15, 0.2) is 42.5 Å².